The number of ether oxygens (including phenoxy) is 2. The Morgan fingerprint density at radius 3 is 1.73 bits per heavy atom. The van der Waals surface area contributed by atoms with Crippen LogP contribution in [0.3, 0.4) is 0 Å². The molecule has 2 nitrogen and oxygen atoms in total. The normalized spacial score (nSPS) is 18.6. The molecule has 0 aromatic heterocycles. The molecule has 2 aromatic carbocycles. The van der Waals surface area contributed by atoms with Crippen LogP contribution in [0.25, 0.3) is 11.1 Å². The standard InChI is InChI=1S/C18H16Br2O2/c19-12-4-6-16-14(10-12)15-11-13(20)5-7-17(15)22-18(21-16)8-2-1-3-9-18/h4-7,10-11H,1-3,8-9H2. The van der Waals surface area contributed by atoms with E-state index in [1.807, 2.05) is 24.3 Å². The van der Waals surface area contributed by atoms with Crippen molar-refractivity contribution in [1.82, 2.24) is 0 Å². The van der Waals surface area contributed by atoms with Crippen molar-refractivity contribution >= 4 is 31.9 Å². The lowest BCUT2D eigenvalue weighted by atomic mass is 9.94. The average molecular weight is 424 g/mol. The molecule has 0 bridgehead atoms. The van der Waals surface area contributed by atoms with Crippen molar-refractivity contribution < 1.29 is 9.47 Å². The van der Waals surface area contributed by atoms with Crippen LogP contribution < -0.4 is 9.47 Å². The van der Waals surface area contributed by atoms with Gasteiger partial charge in [-0.1, -0.05) is 38.3 Å². The third kappa shape index (κ3) is 2.56. The van der Waals surface area contributed by atoms with E-state index in [0.29, 0.717) is 0 Å². The minimum Gasteiger partial charge on any atom is -0.452 e. The Morgan fingerprint density at radius 2 is 1.23 bits per heavy atom. The van der Waals surface area contributed by atoms with E-state index in [-0.39, 0.29) is 0 Å². The summed E-state index contributed by atoms with van der Waals surface area (Å²) in [5.74, 6) is 1.30. The number of rotatable bonds is 0. The Morgan fingerprint density at radius 1 is 0.727 bits per heavy atom. The first-order valence-electron chi connectivity index (χ1n) is 7.63. The van der Waals surface area contributed by atoms with Crippen molar-refractivity contribution in [3.8, 4) is 22.6 Å². The molecular formula is C18H16Br2O2. The molecule has 114 valence electrons. The predicted molar refractivity (Wildman–Crippen MR) is 94.4 cm³/mol. The molecule has 2 aromatic rings. The molecule has 0 amide bonds. The summed E-state index contributed by atoms with van der Waals surface area (Å²) in [6.07, 6.45) is 5.44. The molecule has 22 heavy (non-hydrogen) atoms. The lowest BCUT2D eigenvalue weighted by Crippen LogP contribution is -2.43. The summed E-state index contributed by atoms with van der Waals surface area (Å²) in [4.78, 5) is 0. The first kappa shape index (κ1) is 14.6. The highest BCUT2D eigenvalue weighted by Crippen LogP contribution is 2.47. The molecule has 0 unspecified atom stereocenters. The van der Waals surface area contributed by atoms with Crippen LogP contribution in [0.15, 0.2) is 45.3 Å². The Balaban J connectivity index is 1.92. The SMILES string of the molecule is Brc1ccc2c(c1)-c1cc(Br)ccc1OC1(CCCCC1)O2. The predicted octanol–water partition coefficient (Wildman–Crippen LogP) is 6.31. The van der Waals surface area contributed by atoms with E-state index in [1.165, 1.54) is 6.42 Å². The monoisotopic (exact) mass is 422 g/mol. The lowest BCUT2D eigenvalue weighted by Gasteiger charge is -2.36. The Bertz CT molecular complexity index is 666. The minimum atomic E-state index is -0.514. The second-order valence-electron chi connectivity index (χ2n) is 5.96. The van der Waals surface area contributed by atoms with Gasteiger partial charge in [0.25, 0.3) is 5.79 Å². The summed E-state index contributed by atoms with van der Waals surface area (Å²) < 4.78 is 14.9. The zero-order chi connectivity index (χ0) is 15.2. The fourth-order valence-electron chi connectivity index (χ4n) is 3.32. The second kappa shape index (κ2) is 5.57. The maximum Gasteiger partial charge on any atom is 0.251 e. The quantitative estimate of drug-likeness (QED) is 0.494. The number of hydrogen-bond donors (Lipinski definition) is 0. The molecule has 1 aliphatic carbocycles. The third-order valence-electron chi connectivity index (χ3n) is 4.38. The van der Waals surface area contributed by atoms with E-state index in [1.54, 1.807) is 0 Å². The van der Waals surface area contributed by atoms with Gasteiger partial charge in [0, 0.05) is 32.9 Å². The largest absolute Gasteiger partial charge is 0.452 e. The number of hydrogen-bond acceptors (Lipinski definition) is 2. The molecule has 1 aliphatic heterocycles. The zero-order valence-electron chi connectivity index (χ0n) is 12.1. The van der Waals surface area contributed by atoms with E-state index >= 15 is 0 Å². The van der Waals surface area contributed by atoms with Crippen LogP contribution in [-0.4, -0.2) is 5.79 Å². The first-order chi connectivity index (χ1) is 10.7. The maximum absolute atomic E-state index is 6.40. The van der Waals surface area contributed by atoms with Crippen molar-refractivity contribution in [2.24, 2.45) is 0 Å². The van der Waals surface area contributed by atoms with Crippen LogP contribution in [-0.2, 0) is 0 Å². The van der Waals surface area contributed by atoms with Crippen molar-refractivity contribution in [2.45, 2.75) is 37.9 Å². The van der Waals surface area contributed by atoms with Crippen molar-refractivity contribution in [2.75, 3.05) is 0 Å². The van der Waals surface area contributed by atoms with Crippen LogP contribution in [0.4, 0.5) is 0 Å². The van der Waals surface area contributed by atoms with Crippen LogP contribution in [0, 0.1) is 0 Å². The fourth-order valence-corrected chi connectivity index (χ4v) is 4.04. The topological polar surface area (TPSA) is 18.5 Å². The molecule has 4 rings (SSSR count). The van der Waals surface area contributed by atoms with Gasteiger partial charge in [-0.15, -0.1) is 0 Å². The van der Waals surface area contributed by atoms with E-state index < -0.39 is 5.79 Å². The van der Waals surface area contributed by atoms with Crippen molar-refractivity contribution in [3.05, 3.63) is 45.3 Å². The number of fused-ring (bicyclic) bond motifs is 3. The van der Waals surface area contributed by atoms with Crippen LogP contribution >= 0.6 is 31.9 Å². The van der Waals surface area contributed by atoms with Gasteiger partial charge in [-0.05, 0) is 49.2 Å². The van der Waals surface area contributed by atoms with Gasteiger partial charge < -0.3 is 9.47 Å². The van der Waals surface area contributed by atoms with Crippen molar-refractivity contribution in [3.63, 3.8) is 0 Å². The molecule has 0 saturated heterocycles. The lowest BCUT2D eigenvalue weighted by molar-refractivity contribution is -0.134. The molecule has 2 aliphatic rings. The van der Waals surface area contributed by atoms with E-state index in [0.717, 1.165) is 57.3 Å². The number of benzene rings is 2. The zero-order valence-corrected chi connectivity index (χ0v) is 15.2. The Kier molecular flexibility index (Phi) is 3.69. The van der Waals surface area contributed by atoms with Gasteiger partial charge in [0.15, 0.2) is 0 Å². The van der Waals surface area contributed by atoms with Crippen molar-refractivity contribution in [1.29, 1.82) is 0 Å². The maximum atomic E-state index is 6.40. The molecule has 1 fully saturated rings. The van der Waals surface area contributed by atoms with Crippen LogP contribution in [0.2, 0.25) is 0 Å². The van der Waals surface area contributed by atoms with Gasteiger partial charge in [-0.3, -0.25) is 0 Å². The summed E-state index contributed by atoms with van der Waals surface area (Å²) in [5.41, 5.74) is 2.15. The van der Waals surface area contributed by atoms with Gasteiger partial charge in [0.2, 0.25) is 0 Å². The van der Waals surface area contributed by atoms with Crippen LogP contribution in [0.1, 0.15) is 32.1 Å². The molecule has 0 N–H and O–H groups in total. The summed E-state index contributed by atoms with van der Waals surface area (Å²) in [6.45, 7) is 0. The highest BCUT2D eigenvalue weighted by atomic mass is 79.9. The Hall–Kier alpha value is -1.00. The van der Waals surface area contributed by atoms with Gasteiger partial charge in [-0.25, -0.2) is 0 Å². The van der Waals surface area contributed by atoms with Gasteiger partial charge in [-0.2, -0.15) is 0 Å². The smallest absolute Gasteiger partial charge is 0.251 e. The third-order valence-corrected chi connectivity index (χ3v) is 5.37. The van der Waals surface area contributed by atoms with Gasteiger partial charge in [0.05, 0.1) is 0 Å². The fraction of sp³-hybridized carbons (Fsp3) is 0.333. The highest BCUT2D eigenvalue weighted by Gasteiger charge is 2.40. The molecule has 1 saturated carbocycles. The molecule has 1 spiro atoms. The first-order valence-corrected chi connectivity index (χ1v) is 9.21. The van der Waals surface area contributed by atoms with Gasteiger partial charge in [0.1, 0.15) is 11.5 Å². The van der Waals surface area contributed by atoms with E-state index in [9.17, 15) is 0 Å². The molecule has 1 heterocycles. The Labute approximate surface area is 147 Å². The van der Waals surface area contributed by atoms with E-state index in [4.69, 9.17) is 9.47 Å². The minimum absolute atomic E-state index is 0.514. The molecular weight excluding hydrogens is 408 g/mol. The molecule has 0 radical (unpaired) electrons. The second-order valence-corrected chi connectivity index (χ2v) is 7.79. The molecule has 4 heteroatoms. The summed E-state index contributed by atoms with van der Waals surface area (Å²) in [7, 11) is 0. The van der Waals surface area contributed by atoms with Gasteiger partial charge >= 0.3 is 0 Å². The summed E-state index contributed by atoms with van der Waals surface area (Å²) in [5, 5.41) is 0. The van der Waals surface area contributed by atoms with Crippen LogP contribution in [0.5, 0.6) is 11.5 Å². The highest BCUT2D eigenvalue weighted by molar-refractivity contribution is 9.10. The molecule has 0 atom stereocenters. The number of halogens is 2. The summed E-state index contributed by atoms with van der Waals surface area (Å²) in [6, 6.07) is 12.3. The van der Waals surface area contributed by atoms with E-state index in [2.05, 4.69) is 44.0 Å². The average Bonchev–Trinajstić information content (AvgIpc) is 2.63. The summed E-state index contributed by atoms with van der Waals surface area (Å²) >= 11 is 7.13.